The van der Waals surface area contributed by atoms with Gasteiger partial charge >= 0.3 is 0 Å². The molecule has 0 spiro atoms. The van der Waals surface area contributed by atoms with Gasteiger partial charge in [-0.3, -0.25) is 0 Å². The Bertz CT molecular complexity index is 323. The molecule has 1 aromatic rings. The maximum atomic E-state index is 5.99. The van der Waals surface area contributed by atoms with Crippen LogP contribution in [0.15, 0.2) is 24.3 Å². The molecule has 1 aliphatic rings. The van der Waals surface area contributed by atoms with Gasteiger partial charge in [0.05, 0.1) is 0 Å². The zero-order valence-electron chi connectivity index (χ0n) is 10.0. The standard InChI is InChI=1S/C14H21NO/c1-16-8-4-7-14(11-15)9-12-5-2-3-6-13(12)10-14/h2-3,5-6H,4,7-11,15H2,1H3. The molecule has 2 N–H and O–H groups in total. The van der Waals surface area contributed by atoms with E-state index in [-0.39, 0.29) is 0 Å². The zero-order chi connectivity index (χ0) is 11.4. The second kappa shape index (κ2) is 4.98. The van der Waals surface area contributed by atoms with Crippen molar-refractivity contribution in [2.24, 2.45) is 11.1 Å². The first kappa shape index (κ1) is 11.6. The quantitative estimate of drug-likeness (QED) is 0.770. The second-order valence-corrected chi connectivity index (χ2v) is 4.92. The summed E-state index contributed by atoms with van der Waals surface area (Å²) in [5.41, 5.74) is 9.27. The molecule has 0 radical (unpaired) electrons. The van der Waals surface area contributed by atoms with Crippen molar-refractivity contribution in [1.82, 2.24) is 0 Å². The Balaban J connectivity index is 2.04. The van der Waals surface area contributed by atoms with Crippen molar-refractivity contribution in [3.63, 3.8) is 0 Å². The molecule has 0 atom stereocenters. The molecule has 0 heterocycles. The van der Waals surface area contributed by atoms with Crippen molar-refractivity contribution >= 4 is 0 Å². The molecule has 1 aromatic carbocycles. The highest BCUT2D eigenvalue weighted by Gasteiger charge is 2.35. The summed E-state index contributed by atoms with van der Waals surface area (Å²) in [5.74, 6) is 0. The number of ether oxygens (including phenoxy) is 1. The van der Waals surface area contributed by atoms with E-state index in [1.165, 1.54) is 17.5 Å². The van der Waals surface area contributed by atoms with Gasteiger partial charge in [0, 0.05) is 13.7 Å². The van der Waals surface area contributed by atoms with Crippen LogP contribution < -0.4 is 5.73 Å². The lowest BCUT2D eigenvalue weighted by atomic mass is 9.80. The van der Waals surface area contributed by atoms with Gasteiger partial charge in [0.15, 0.2) is 0 Å². The molecule has 0 amide bonds. The average molecular weight is 219 g/mol. The summed E-state index contributed by atoms with van der Waals surface area (Å²) in [6, 6.07) is 8.73. The lowest BCUT2D eigenvalue weighted by molar-refractivity contribution is 0.169. The van der Waals surface area contributed by atoms with E-state index < -0.39 is 0 Å². The lowest BCUT2D eigenvalue weighted by Crippen LogP contribution is -2.31. The molecular weight excluding hydrogens is 198 g/mol. The highest BCUT2D eigenvalue weighted by Crippen LogP contribution is 2.39. The van der Waals surface area contributed by atoms with Crippen LogP contribution in [0.5, 0.6) is 0 Å². The highest BCUT2D eigenvalue weighted by atomic mass is 16.5. The third-order valence-corrected chi connectivity index (χ3v) is 3.74. The molecular formula is C14H21NO. The van der Waals surface area contributed by atoms with Crippen LogP contribution in [-0.4, -0.2) is 20.3 Å². The molecule has 0 fully saturated rings. The van der Waals surface area contributed by atoms with Crippen LogP contribution in [0.2, 0.25) is 0 Å². The maximum Gasteiger partial charge on any atom is 0.0462 e. The first-order valence-corrected chi connectivity index (χ1v) is 6.05. The van der Waals surface area contributed by atoms with Crippen LogP contribution in [0, 0.1) is 5.41 Å². The Labute approximate surface area is 97.8 Å². The predicted molar refractivity (Wildman–Crippen MR) is 66.4 cm³/mol. The fraction of sp³-hybridized carbons (Fsp3) is 0.571. The summed E-state index contributed by atoms with van der Waals surface area (Å²) in [4.78, 5) is 0. The number of fused-ring (bicyclic) bond motifs is 1. The molecule has 1 aliphatic carbocycles. The van der Waals surface area contributed by atoms with Crippen molar-refractivity contribution in [3.8, 4) is 0 Å². The first-order valence-electron chi connectivity index (χ1n) is 6.05. The minimum Gasteiger partial charge on any atom is -0.385 e. The van der Waals surface area contributed by atoms with Gasteiger partial charge in [-0.1, -0.05) is 24.3 Å². The van der Waals surface area contributed by atoms with E-state index in [4.69, 9.17) is 10.5 Å². The number of hydrogen-bond acceptors (Lipinski definition) is 2. The number of hydrogen-bond donors (Lipinski definition) is 1. The topological polar surface area (TPSA) is 35.2 Å². The maximum absolute atomic E-state index is 5.99. The molecule has 0 saturated carbocycles. The summed E-state index contributed by atoms with van der Waals surface area (Å²) >= 11 is 0. The summed E-state index contributed by atoms with van der Waals surface area (Å²) in [6.45, 7) is 1.63. The number of nitrogens with two attached hydrogens (primary N) is 1. The van der Waals surface area contributed by atoms with Crippen LogP contribution in [-0.2, 0) is 17.6 Å². The van der Waals surface area contributed by atoms with Gasteiger partial charge in [-0.15, -0.1) is 0 Å². The van der Waals surface area contributed by atoms with Gasteiger partial charge in [0.2, 0.25) is 0 Å². The van der Waals surface area contributed by atoms with Crippen molar-refractivity contribution in [2.45, 2.75) is 25.7 Å². The molecule has 2 nitrogen and oxygen atoms in total. The summed E-state index contributed by atoms with van der Waals surface area (Å²) < 4.78 is 5.13. The highest BCUT2D eigenvalue weighted by molar-refractivity contribution is 5.34. The van der Waals surface area contributed by atoms with Crippen molar-refractivity contribution < 1.29 is 4.74 Å². The molecule has 0 saturated heterocycles. The van der Waals surface area contributed by atoms with Crippen LogP contribution in [0.4, 0.5) is 0 Å². The zero-order valence-corrected chi connectivity index (χ0v) is 10.0. The van der Waals surface area contributed by atoms with Crippen molar-refractivity contribution in [3.05, 3.63) is 35.4 Å². The Kier molecular flexibility index (Phi) is 3.62. The van der Waals surface area contributed by atoms with Gasteiger partial charge in [-0.05, 0) is 48.8 Å². The van der Waals surface area contributed by atoms with E-state index in [1.807, 2.05) is 0 Å². The van der Waals surface area contributed by atoms with Gasteiger partial charge in [0.25, 0.3) is 0 Å². The molecule has 2 heteroatoms. The molecule has 0 aliphatic heterocycles. The smallest absolute Gasteiger partial charge is 0.0462 e. The predicted octanol–water partition coefficient (Wildman–Crippen LogP) is 2.16. The average Bonchev–Trinajstić information content (AvgIpc) is 2.68. The fourth-order valence-corrected chi connectivity index (χ4v) is 2.79. The van der Waals surface area contributed by atoms with Gasteiger partial charge in [-0.25, -0.2) is 0 Å². The molecule has 16 heavy (non-hydrogen) atoms. The first-order chi connectivity index (χ1) is 7.79. The van der Waals surface area contributed by atoms with E-state index in [2.05, 4.69) is 24.3 Å². The SMILES string of the molecule is COCCCC1(CN)Cc2ccccc2C1. The van der Waals surface area contributed by atoms with Crippen LogP contribution in [0.3, 0.4) is 0 Å². The molecule has 0 bridgehead atoms. The monoisotopic (exact) mass is 219 g/mol. The van der Waals surface area contributed by atoms with Gasteiger partial charge < -0.3 is 10.5 Å². The van der Waals surface area contributed by atoms with E-state index in [9.17, 15) is 0 Å². The van der Waals surface area contributed by atoms with E-state index >= 15 is 0 Å². The Morgan fingerprint density at radius 1 is 1.25 bits per heavy atom. The fourth-order valence-electron chi connectivity index (χ4n) is 2.79. The largest absolute Gasteiger partial charge is 0.385 e. The van der Waals surface area contributed by atoms with Crippen molar-refractivity contribution in [2.75, 3.05) is 20.3 Å². The Hall–Kier alpha value is -0.860. The normalized spacial score (nSPS) is 17.4. The van der Waals surface area contributed by atoms with Crippen molar-refractivity contribution in [1.29, 1.82) is 0 Å². The number of benzene rings is 1. The third kappa shape index (κ3) is 2.28. The van der Waals surface area contributed by atoms with E-state index in [1.54, 1.807) is 7.11 Å². The van der Waals surface area contributed by atoms with Crippen LogP contribution in [0.1, 0.15) is 24.0 Å². The van der Waals surface area contributed by atoms with E-state index in [0.717, 1.165) is 32.4 Å². The Morgan fingerprint density at radius 3 is 2.38 bits per heavy atom. The molecule has 0 unspecified atom stereocenters. The molecule has 2 rings (SSSR count). The molecule has 0 aromatic heterocycles. The van der Waals surface area contributed by atoms with Gasteiger partial charge in [0.1, 0.15) is 0 Å². The summed E-state index contributed by atoms with van der Waals surface area (Å²) in [7, 11) is 1.76. The van der Waals surface area contributed by atoms with Crippen LogP contribution >= 0.6 is 0 Å². The summed E-state index contributed by atoms with van der Waals surface area (Å²) in [5, 5.41) is 0. The minimum absolute atomic E-state index is 0.294. The minimum atomic E-state index is 0.294. The van der Waals surface area contributed by atoms with Gasteiger partial charge in [-0.2, -0.15) is 0 Å². The summed E-state index contributed by atoms with van der Waals surface area (Å²) in [6.07, 6.45) is 4.57. The Morgan fingerprint density at radius 2 is 1.88 bits per heavy atom. The molecule has 88 valence electrons. The number of methoxy groups -OCH3 is 1. The second-order valence-electron chi connectivity index (χ2n) is 4.92. The van der Waals surface area contributed by atoms with E-state index in [0.29, 0.717) is 5.41 Å². The lowest BCUT2D eigenvalue weighted by Gasteiger charge is -2.27. The third-order valence-electron chi connectivity index (χ3n) is 3.74. The number of rotatable bonds is 5. The van der Waals surface area contributed by atoms with Crippen LogP contribution in [0.25, 0.3) is 0 Å².